The number of unbranched alkanes of at least 4 members (excludes halogenated alkanes) is 3. The number of benzene rings is 1. The van der Waals surface area contributed by atoms with Crippen molar-refractivity contribution in [3.63, 3.8) is 0 Å². The number of hydrogen-bond donors (Lipinski definition) is 1. The van der Waals surface area contributed by atoms with Crippen LogP contribution in [0.25, 0.3) is 0 Å². The first-order valence-corrected chi connectivity index (χ1v) is 8.57. The number of amides is 1. The highest BCUT2D eigenvalue weighted by atomic mass is 127. The van der Waals surface area contributed by atoms with Gasteiger partial charge >= 0.3 is 0 Å². The number of fused-ring (bicyclic) bond motifs is 1. The molecular weight excluding hydrogens is 369 g/mol. The Morgan fingerprint density at radius 3 is 2.65 bits per heavy atom. The van der Waals surface area contributed by atoms with Crippen molar-refractivity contribution in [2.45, 2.75) is 25.7 Å². The van der Waals surface area contributed by atoms with Crippen LogP contribution in [0.15, 0.2) is 18.2 Å². The molecule has 0 radical (unpaired) electrons. The normalized spacial score (nSPS) is 13.1. The van der Waals surface area contributed by atoms with Crippen molar-refractivity contribution in [2.75, 3.05) is 24.2 Å². The molecular formula is C15H20INO3. The molecule has 0 spiro atoms. The van der Waals surface area contributed by atoms with Crippen molar-refractivity contribution < 1.29 is 14.3 Å². The molecule has 0 aliphatic carbocycles. The predicted octanol–water partition coefficient (Wildman–Crippen LogP) is 3.18. The number of carbonyl (C=O) groups excluding carboxylic acids is 1. The maximum absolute atomic E-state index is 12.0. The van der Waals surface area contributed by atoms with Gasteiger partial charge in [-0.3, -0.25) is 4.79 Å². The summed E-state index contributed by atoms with van der Waals surface area (Å²) < 4.78 is 12.1. The van der Waals surface area contributed by atoms with Crippen LogP contribution in [0.4, 0.5) is 0 Å². The molecule has 1 aliphatic heterocycles. The number of nitrogens with one attached hydrogen (secondary N) is 1. The van der Waals surface area contributed by atoms with E-state index in [1.807, 2.05) is 0 Å². The van der Waals surface area contributed by atoms with Gasteiger partial charge in [-0.1, -0.05) is 35.4 Å². The van der Waals surface area contributed by atoms with Crippen molar-refractivity contribution in [2.24, 2.45) is 0 Å². The lowest BCUT2D eigenvalue weighted by molar-refractivity contribution is 0.0951. The van der Waals surface area contributed by atoms with E-state index in [2.05, 4.69) is 27.9 Å². The molecule has 1 amide bonds. The van der Waals surface area contributed by atoms with Gasteiger partial charge in [-0.05, 0) is 35.5 Å². The SMILES string of the molecule is O=C(NCCCCCCI)c1ccc2c(c1)OCCO2. The Labute approximate surface area is 133 Å². The Morgan fingerprint density at radius 1 is 1.10 bits per heavy atom. The molecule has 0 fully saturated rings. The first-order valence-electron chi connectivity index (χ1n) is 7.05. The third-order valence-electron chi connectivity index (χ3n) is 3.15. The maximum Gasteiger partial charge on any atom is 0.251 e. The number of halogens is 1. The van der Waals surface area contributed by atoms with E-state index in [4.69, 9.17) is 9.47 Å². The Hall–Kier alpha value is -0.980. The van der Waals surface area contributed by atoms with Crippen molar-refractivity contribution >= 4 is 28.5 Å². The molecule has 2 rings (SSSR count). The van der Waals surface area contributed by atoms with Crippen LogP contribution in [0.3, 0.4) is 0 Å². The molecule has 1 heterocycles. The summed E-state index contributed by atoms with van der Waals surface area (Å²) in [6, 6.07) is 5.32. The summed E-state index contributed by atoms with van der Waals surface area (Å²) in [5.41, 5.74) is 0.626. The van der Waals surface area contributed by atoms with Crippen LogP contribution < -0.4 is 14.8 Å². The fourth-order valence-corrected chi connectivity index (χ4v) is 2.60. The van der Waals surface area contributed by atoms with Gasteiger partial charge in [0.05, 0.1) is 0 Å². The van der Waals surface area contributed by atoms with Gasteiger partial charge in [-0.25, -0.2) is 0 Å². The fourth-order valence-electron chi connectivity index (χ4n) is 2.06. The fraction of sp³-hybridized carbons (Fsp3) is 0.533. The zero-order chi connectivity index (χ0) is 14.2. The van der Waals surface area contributed by atoms with Crippen LogP contribution in [-0.2, 0) is 0 Å². The summed E-state index contributed by atoms with van der Waals surface area (Å²) in [5, 5.41) is 2.95. The van der Waals surface area contributed by atoms with Crippen molar-refractivity contribution in [3.05, 3.63) is 23.8 Å². The molecule has 0 saturated heterocycles. The van der Waals surface area contributed by atoms with Crippen LogP contribution >= 0.6 is 22.6 Å². The Morgan fingerprint density at radius 2 is 1.85 bits per heavy atom. The highest BCUT2D eigenvalue weighted by molar-refractivity contribution is 14.1. The van der Waals surface area contributed by atoms with Gasteiger partial charge in [-0.15, -0.1) is 0 Å². The van der Waals surface area contributed by atoms with Gasteiger partial charge in [0.25, 0.3) is 5.91 Å². The average Bonchev–Trinajstić information content (AvgIpc) is 2.50. The number of alkyl halides is 1. The summed E-state index contributed by atoms with van der Waals surface area (Å²) in [7, 11) is 0. The highest BCUT2D eigenvalue weighted by Crippen LogP contribution is 2.30. The van der Waals surface area contributed by atoms with Crippen LogP contribution in [0.2, 0.25) is 0 Å². The van der Waals surface area contributed by atoms with Gasteiger partial charge in [0.2, 0.25) is 0 Å². The van der Waals surface area contributed by atoms with E-state index >= 15 is 0 Å². The molecule has 0 aromatic heterocycles. The van der Waals surface area contributed by atoms with E-state index in [9.17, 15) is 4.79 Å². The largest absolute Gasteiger partial charge is 0.486 e. The molecule has 1 N–H and O–H groups in total. The molecule has 1 aromatic rings. The molecule has 0 atom stereocenters. The average molecular weight is 389 g/mol. The summed E-state index contributed by atoms with van der Waals surface area (Å²) in [5.74, 6) is 1.33. The molecule has 0 saturated carbocycles. The van der Waals surface area contributed by atoms with Gasteiger partial charge in [0.15, 0.2) is 11.5 Å². The van der Waals surface area contributed by atoms with Crippen LogP contribution in [0.5, 0.6) is 11.5 Å². The zero-order valence-corrected chi connectivity index (χ0v) is 13.6. The monoisotopic (exact) mass is 389 g/mol. The molecule has 5 heteroatoms. The first kappa shape index (κ1) is 15.4. The second kappa shape index (κ2) is 8.34. The third-order valence-corrected chi connectivity index (χ3v) is 3.91. The van der Waals surface area contributed by atoms with Gasteiger partial charge in [0.1, 0.15) is 13.2 Å². The first-order chi connectivity index (χ1) is 9.81. The Bertz CT molecular complexity index is 451. The lowest BCUT2D eigenvalue weighted by Crippen LogP contribution is -2.25. The standard InChI is InChI=1S/C15H20INO3/c16-7-3-1-2-4-8-17-15(18)12-5-6-13-14(11-12)20-10-9-19-13/h5-6,11H,1-4,7-10H2,(H,17,18). The van der Waals surface area contributed by atoms with E-state index in [0.29, 0.717) is 30.3 Å². The number of rotatable bonds is 7. The van der Waals surface area contributed by atoms with E-state index in [1.165, 1.54) is 23.7 Å². The molecule has 4 nitrogen and oxygen atoms in total. The highest BCUT2D eigenvalue weighted by Gasteiger charge is 2.14. The summed E-state index contributed by atoms with van der Waals surface area (Å²) >= 11 is 2.39. The van der Waals surface area contributed by atoms with Gasteiger partial charge in [0, 0.05) is 12.1 Å². The van der Waals surface area contributed by atoms with Crippen LogP contribution in [0.1, 0.15) is 36.0 Å². The van der Waals surface area contributed by atoms with E-state index in [0.717, 1.165) is 13.0 Å². The predicted molar refractivity (Wildman–Crippen MR) is 87.1 cm³/mol. The Balaban J connectivity index is 1.77. The van der Waals surface area contributed by atoms with E-state index < -0.39 is 0 Å². The van der Waals surface area contributed by atoms with E-state index in [-0.39, 0.29) is 5.91 Å². The minimum Gasteiger partial charge on any atom is -0.486 e. The van der Waals surface area contributed by atoms with Gasteiger partial charge in [-0.2, -0.15) is 0 Å². The Kier molecular flexibility index (Phi) is 6.42. The second-order valence-corrected chi connectivity index (χ2v) is 5.80. The zero-order valence-electron chi connectivity index (χ0n) is 11.5. The molecule has 20 heavy (non-hydrogen) atoms. The lowest BCUT2D eigenvalue weighted by atomic mass is 10.1. The molecule has 0 bridgehead atoms. The second-order valence-electron chi connectivity index (χ2n) is 4.72. The van der Waals surface area contributed by atoms with Crippen molar-refractivity contribution in [3.8, 4) is 11.5 Å². The number of carbonyl (C=O) groups is 1. The topological polar surface area (TPSA) is 47.6 Å². The molecule has 1 aromatic carbocycles. The smallest absolute Gasteiger partial charge is 0.251 e. The van der Waals surface area contributed by atoms with Crippen molar-refractivity contribution in [1.29, 1.82) is 0 Å². The summed E-state index contributed by atoms with van der Waals surface area (Å²) in [6.45, 7) is 1.83. The molecule has 110 valence electrons. The van der Waals surface area contributed by atoms with Crippen molar-refractivity contribution in [1.82, 2.24) is 5.32 Å². The maximum atomic E-state index is 12.0. The number of ether oxygens (including phenoxy) is 2. The van der Waals surface area contributed by atoms with Crippen LogP contribution in [0, 0.1) is 0 Å². The summed E-state index contributed by atoms with van der Waals surface area (Å²) in [6.07, 6.45) is 4.71. The van der Waals surface area contributed by atoms with E-state index in [1.54, 1.807) is 18.2 Å². The lowest BCUT2D eigenvalue weighted by Gasteiger charge is -2.18. The van der Waals surface area contributed by atoms with Gasteiger partial charge < -0.3 is 14.8 Å². The number of hydrogen-bond acceptors (Lipinski definition) is 3. The third kappa shape index (κ3) is 4.54. The summed E-state index contributed by atoms with van der Waals surface area (Å²) in [4.78, 5) is 12.0. The molecule has 1 aliphatic rings. The minimum absolute atomic E-state index is 0.0455. The quantitative estimate of drug-likeness (QED) is 0.443. The molecule has 0 unspecified atom stereocenters. The minimum atomic E-state index is -0.0455. The van der Waals surface area contributed by atoms with Crippen LogP contribution in [-0.4, -0.2) is 30.1 Å².